The van der Waals surface area contributed by atoms with E-state index < -0.39 is 0 Å². The lowest BCUT2D eigenvalue weighted by Gasteiger charge is -2.35. The van der Waals surface area contributed by atoms with Crippen LogP contribution in [-0.4, -0.2) is 67.6 Å². The highest BCUT2D eigenvalue weighted by molar-refractivity contribution is 7.99. The Morgan fingerprint density at radius 3 is 2.78 bits per heavy atom. The Morgan fingerprint density at radius 1 is 1.22 bits per heavy atom. The van der Waals surface area contributed by atoms with Crippen LogP contribution in [-0.2, 0) is 6.42 Å². The lowest BCUT2D eigenvalue weighted by molar-refractivity contribution is 0.178. The lowest BCUT2D eigenvalue weighted by Crippen LogP contribution is -2.45. The average Bonchev–Trinajstić information content (AvgIpc) is 2.77. The molecule has 1 unspecified atom stereocenters. The largest absolute Gasteiger partial charge is 0.308 e. The normalized spacial score (nSPS) is 23.7. The van der Waals surface area contributed by atoms with Gasteiger partial charge in [-0.15, -0.1) is 0 Å². The monoisotopic (exact) mass is 333 g/mol. The second kappa shape index (κ2) is 8.52. The summed E-state index contributed by atoms with van der Waals surface area (Å²) in [4.78, 5) is 4.90. The molecule has 1 fully saturated rings. The maximum atomic E-state index is 3.98. The minimum atomic E-state index is 0.539. The Balaban J connectivity index is 1.52. The molecule has 4 heteroatoms. The van der Waals surface area contributed by atoms with Crippen LogP contribution in [0, 0.1) is 0 Å². The number of thioether (sulfide) groups is 1. The molecule has 3 nitrogen and oxygen atoms in total. The van der Waals surface area contributed by atoms with E-state index in [9.17, 15) is 0 Å². The smallest absolute Gasteiger partial charge is 0.0416 e. The van der Waals surface area contributed by atoms with Gasteiger partial charge in [-0.25, -0.2) is 0 Å². The Labute approximate surface area is 145 Å². The van der Waals surface area contributed by atoms with Crippen LogP contribution in [0.15, 0.2) is 24.3 Å². The molecule has 0 aromatic heterocycles. The quantitative estimate of drug-likeness (QED) is 0.892. The van der Waals surface area contributed by atoms with Crippen molar-refractivity contribution < 1.29 is 0 Å². The predicted molar refractivity (Wildman–Crippen MR) is 101 cm³/mol. The first-order valence-corrected chi connectivity index (χ1v) is 10.2. The van der Waals surface area contributed by atoms with Gasteiger partial charge in [-0.2, -0.15) is 11.8 Å². The summed E-state index contributed by atoms with van der Waals surface area (Å²) in [5.41, 5.74) is 3.10. The minimum Gasteiger partial charge on any atom is -0.308 e. The van der Waals surface area contributed by atoms with Crippen molar-refractivity contribution in [2.75, 3.05) is 51.8 Å². The summed E-state index contributed by atoms with van der Waals surface area (Å²) < 4.78 is 0. The van der Waals surface area contributed by atoms with Crippen LogP contribution in [0.4, 0.5) is 0 Å². The number of fused-ring (bicyclic) bond motifs is 1. The summed E-state index contributed by atoms with van der Waals surface area (Å²) in [6, 6.07) is 10.3. The molecular formula is C19H31N3S. The maximum absolute atomic E-state index is 3.98. The first-order valence-electron chi connectivity index (χ1n) is 9.01. The van der Waals surface area contributed by atoms with Gasteiger partial charge in [-0.1, -0.05) is 24.3 Å². The molecule has 2 aliphatic rings. The summed E-state index contributed by atoms with van der Waals surface area (Å²) >= 11 is 2.10. The van der Waals surface area contributed by atoms with Gasteiger partial charge in [0.15, 0.2) is 0 Å². The topological polar surface area (TPSA) is 18.5 Å². The summed E-state index contributed by atoms with van der Waals surface area (Å²) in [6.07, 6.45) is 3.80. The maximum Gasteiger partial charge on any atom is 0.0416 e. The van der Waals surface area contributed by atoms with Gasteiger partial charge in [0.05, 0.1) is 0 Å². The molecule has 2 aliphatic heterocycles. The van der Waals surface area contributed by atoms with Crippen LogP contribution in [0.5, 0.6) is 0 Å². The zero-order valence-electron chi connectivity index (χ0n) is 14.6. The number of benzene rings is 1. The second-order valence-corrected chi connectivity index (χ2v) is 8.31. The molecule has 128 valence electrons. The number of nitrogens with zero attached hydrogens (tertiary/aromatic N) is 2. The third-order valence-electron chi connectivity index (χ3n) is 5.12. The highest BCUT2D eigenvalue weighted by atomic mass is 32.2. The number of piperidine rings is 1. The molecule has 0 radical (unpaired) electrons. The number of likely N-dealkylation sites (N-methyl/N-ethyl adjacent to an activating group) is 1. The van der Waals surface area contributed by atoms with Gasteiger partial charge in [0.25, 0.3) is 0 Å². The fraction of sp³-hybridized carbons (Fsp3) is 0.684. The van der Waals surface area contributed by atoms with Crippen molar-refractivity contribution in [3.63, 3.8) is 0 Å². The summed E-state index contributed by atoms with van der Waals surface area (Å²) in [6.45, 7) is 4.87. The lowest BCUT2D eigenvalue weighted by atomic mass is 9.97. The molecule has 1 aromatic carbocycles. The number of likely N-dealkylation sites (tertiary alicyclic amines) is 1. The zero-order chi connectivity index (χ0) is 16.1. The van der Waals surface area contributed by atoms with Crippen LogP contribution < -0.4 is 5.32 Å². The van der Waals surface area contributed by atoms with Gasteiger partial charge in [-0.3, -0.25) is 0 Å². The van der Waals surface area contributed by atoms with Crippen molar-refractivity contribution >= 4 is 11.8 Å². The van der Waals surface area contributed by atoms with Crippen LogP contribution in [0.1, 0.15) is 30.0 Å². The minimum absolute atomic E-state index is 0.539. The van der Waals surface area contributed by atoms with Gasteiger partial charge >= 0.3 is 0 Å². The summed E-state index contributed by atoms with van der Waals surface area (Å²) in [5, 5.41) is 3.98. The van der Waals surface area contributed by atoms with E-state index in [1.165, 1.54) is 56.9 Å². The van der Waals surface area contributed by atoms with Gasteiger partial charge in [-0.05, 0) is 63.3 Å². The third-order valence-corrected chi connectivity index (χ3v) is 6.18. The molecule has 1 aromatic rings. The van der Waals surface area contributed by atoms with Crippen molar-refractivity contribution in [1.29, 1.82) is 0 Å². The van der Waals surface area contributed by atoms with E-state index in [-0.39, 0.29) is 0 Å². The van der Waals surface area contributed by atoms with E-state index >= 15 is 0 Å². The van der Waals surface area contributed by atoms with Crippen LogP contribution >= 0.6 is 11.8 Å². The van der Waals surface area contributed by atoms with Gasteiger partial charge < -0.3 is 15.1 Å². The third kappa shape index (κ3) is 4.96. The average molecular weight is 334 g/mol. The second-order valence-electron chi connectivity index (χ2n) is 7.16. The van der Waals surface area contributed by atoms with Gasteiger partial charge in [0, 0.05) is 30.9 Å². The molecule has 0 aliphatic carbocycles. The highest BCUT2D eigenvalue weighted by Crippen LogP contribution is 2.28. The highest BCUT2D eigenvalue weighted by Gasteiger charge is 2.24. The van der Waals surface area contributed by atoms with E-state index in [2.05, 4.69) is 65.2 Å². The predicted octanol–water partition coefficient (Wildman–Crippen LogP) is 2.63. The van der Waals surface area contributed by atoms with Crippen molar-refractivity contribution in [3.8, 4) is 0 Å². The van der Waals surface area contributed by atoms with Crippen LogP contribution in [0.2, 0.25) is 0 Å². The molecule has 1 saturated heterocycles. The Bertz CT molecular complexity index is 483. The molecule has 0 saturated carbocycles. The number of aryl methyl sites for hydroxylation is 1. The van der Waals surface area contributed by atoms with E-state index in [1.54, 1.807) is 11.1 Å². The molecule has 0 spiro atoms. The number of nitrogens with one attached hydrogen (secondary N) is 1. The zero-order valence-corrected chi connectivity index (χ0v) is 15.4. The Morgan fingerprint density at radius 2 is 2.00 bits per heavy atom. The Hall–Kier alpha value is -0.550. The van der Waals surface area contributed by atoms with E-state index in [0.717, 1.165) is 0 Å². The molecule has 23 heavy (non-hydrogen) atoms. The number of rotatable bonds is 5. The first-order chi connectivity index (χ1) is 11.2. The van der Waals surface area contributed by atoms with E-state index in [4.69, 9.17) is 0 Å². The molecule has 2 heterocycles. The number of hydrogen-bond acceptors (Lipinski definition) is 4. The van der Waals surface area contributed by atoms with E-state index in [1.807, 2.05) is 0 Å². The van der Waals surface area contributed by atoms with Crippen molar-refractivity contribution in [2.24, 2.45) is 0 Å². The standard InChI is InChI=1S/C19H31N3S/c1-21(2)12-13-22-10-7-17(8-11-22)20-19-15-23-14-9-16-5-3-4-6-18(16)19/h3-6,17,19-20H,7-15H2,1-2H3. The van der Waals surface area contributed by atoms with Crippen molar-refractivity contribution in [1.82, 2.24) is 15.1 Å². The summed E-state index contributed by atoms with van der Waals surface area (Å²) in [7, 11) is 4.32. The molecule has 0 bridgehead atoms. The molecule has 3 rings (SSSR count). The fourth-order valence-corrected chi connectivity index (χ4v) is 4.70. The molecule has 0 amide bonds. The van der Waals surface area contributed by atoms with Crippen molar-refractivity contribution in [2.45, 2.75) is 31.3 Å². The van der Waals surface area contributed by atoms with Crippen LogP contribution in [0.25, 0.3) is 0 Å². The Kier molecular flexibility index (Phi) is 6.40. The van der Waals surface area contributed by atoms with Gasteiger partial charge in [0.2, 0.25) is 0 Å². The van der Waals surface area contributed by atoms with Crippen molar-refractivity contribution in [3.05, 3.63) is 35.4 Å². The summed E-state index contributed by atoms with van der Waals surface area (Å²) in [5.74, 6) is 2.48. The SMILES string of the molecule is CN(C)CCN1CCC(NC2CSCCc3ccccc32)CC1. The van der Waals surface area contributed by atoms with Crippen LogP contribution in [0.3, 0.4) is 0 Å². The van der Waals surface area contributed by atoms with E-state index in [0.29, 0.717) is 12.1 Å². The molecule has 1 atom stereocenters. The number of hydrogen-bond donors (Lipinski definition) is 1. The molecular weight excluding hydrogens is 302 g/mol. The van der Waals surface area contributed by atoms with Gasteiger partial charge in [0.1, 0.15) is 0 Å². The first kappa shape index (κ1) is 17.3. The fourth-order valence-electron chi connectivity index (χ4n) is 3.66. The molecule has 1 N–H and O–H groups in total.